The van der Waals surface area contributed by atoms with Crippen molar-refractivity contribution in [2.75, 3.05) is 25.0 Å². The van der Waals surface area contributed by atoms with Crippen LogP contribution in [-0.4, -0.2) is 70.1 Å². The number of hydrogen-bond donors (Lipinski definition) is 6. The van der Waals surface area contributed by atoms with Gasteiger partial charge in [-0.1, -0.05) is 24.3 Å². The number of H-pyrrole nitrogens is 1. The second-order valence-electron chi connectivity index (χ2n) is 13.3. The number of tetrazole rings is 1. The van der Waals surface area contributed by atoms with E-state index in [9.17, 15) is 14.4 Å². The first-order valence-corrected chi connectivity index (χ1v) is 17.3. The summed E-state index contributed by atoms with van der Waals surface area (Å²) in [6.07, 6.45) is 5.15. The quantitative estimate of drug-likeness (QED) is 0.138. The Bertz CT molecular complexity index is 1770. The highest BCUT2D eigenvalue weighted by Gasteiger charge is 2.29. The Morgan fingerprint density at radius 1 is 0.940 bits per heavy atom. The average molecular weight is 682 g/mol. The second-order valence-corrected chi connectivity index (χ2v) is 13.3. The summed E-state index contributed by atoms with van der Waals surface area (Å²) in [5.74, 6) is -0.556. The molecule has 0 spiro atoms. The third-order valence-electron chi connectivity index (χ3n) is 9.93. The fourth-order valence-electron chi connectivity index (χ4n) is 6.78. The average Bonchev–Trinajstić information content (AvgIpc) is 3.69. The predicted molar refractivity (Wildman–Crippen MR) is 188 cm³/mol. The van der Waals surface area contributed by atoms with Gasteiger partial charge in [-0.15, -0.1) is 10.2 Å². The number of hydrogen-bond acceptors (Lipinski definition) is 8. The number of aromatic amines is 1. The van der Waals surface area contributed by atoms with Crippen LogP contribution in [0, 0.1) is 24.6 Å². The second kappa shape index (κ2) is 16.1. The van der Waals surface area contributed by atoms with Crippen molar-refractivity contribution < 1.29 is 18.8 Å². The summed E-state index contributed by atoms with van der Waals surface area (Å²) in [4.78, 5) is 40.2. The summed E-state index contributed by atoms with van der Waals surface area (Å²) >= 11 is 0. The topological polar surface area (TPSA) is 180 Å². The molecule has 3 amide bonds. The molecule has 7 N–H and O–H groups in total. The van der Waals surface area contributed by atoms with Crippen molar-refractivity contribution in [3.63, 3.8) is 0 Å². The number of nitrogens with one attached hydrogen (secondary N) is 5. The maximum atomic E-state index is 15.1. The highest BCUT2D eigenvalue weighted by Crippen LogP contribution is 2.30. The normalized spacial score (nSPS) is 18.6. The Hall–Kier alpha value is -5.01. The van der Waals surface area contributed by atoms with Crippen LogP contribution < -0.4 is 27.0 Å². The largest absolute Gasteiger partial charge is 0.349 e. The van der Waals surface area contributed by atoms with Crippen LogP contribution in [0.5, 0.6) is 0 Å². The molecule has 50 heavy (non-hydrogen) atoms. The lowest BCUT2D eigenvalue weighted by molar-refractivity contribution is -0.130. The number of nitrogens with two attached hydrogens (primary N) is 1. The first kappa shape index (κ1) is 34.8. The molecule has 1 aliphatic heterocycles. The van der Waals surface area contributed by atoms with Crippen LogP contribution in [0.1, 0.15) is 60.0 Å². The summed E-state index contributed by atoms with van der Waals surface area (Å²) in [7, 11) is 0. The van der Waals surface area contributed by atoms with Crippen LogP contribution in [0.15, 0.2) is 60.7 Å². The highest BCUT2D eigenvalue weighted by atomic mass is 19.1. The van der Waals surface area contributed by atoms with Crippen molar-refractivity contribution in [3.8, 4) is 22.5 Å². The van der Waals surface area contributed by atoms with Crippen LogP contribution in [-0.2, 0) is 16.0 Å². The molecule has 4 aromatic rings. The van der Waals surface area contributed by atoms with Gasteiger partial charge in [-0.05, 0) is 135 Å². The van der Waals surface area contributed by atoms with E-state index in [1.165, 1.54) is 6.07 Å². The highest BCUT2D eigenvalue weighted by molar-refractivity contribution is 5.98. The molecule has 2 aliphatic rings. The van der Waals surface area contributed by atoms with Gasteiger partial charge < -0.3 is 27.0 Å². The van der Waals surface area contributed by atoms with Crippen molar-refractivity contribution in [1.29, 1.82) is 0 Å². The maximum absolute atomic E-state index is 15.1. The Kier molecular flexibility index (Phi) is 11.2. The molecule has 3 aromatic carbocycles. The first-order chi connectivity index (χ1) is 24.3. The summed E-state index contributed by atoms with van der Waals surface area (Å²) in [6.45, 7) is 3.98. The van der Waals surface area contributed by atoms with E-state index in [-0.39, 0.29) is 41.7 Å². The zero-order chi connectivity index (χ0) is 35.0. The van der Waals surface area contributed by atoms with Crippen LogP contribution in [0.2, 0.25) is 0 Å². The molecule has 0 bridgehead atoms. The molecule has 2 heterocycles. The number of aromatic nitrogens is 4. The van der Waals surface area contributed by atoms with E-state index in [1.807, 2.05) is 24.3 Å². The fourth-order valence-corrected chi connectivity index (χ4v) is 6.78. The standard InChI is InChI=1S/C37H44FN9O3/c1-22-31(19-28(20-32(22)38)36(49)41-30-14-16-40-17-15-30)25-6-2-23(3-7-25)18-33(43-35(48)27-8-4-24(21-39)5-9-27)37(50)42-29-12-10-26(11-13-29)34-44-46-47-45-34/h2-3,6-7,10-13,19-20,24,27,30,33,40H,4-5,8-9,14-18,21,39H2,1H3,(H,41,49)(H,42,50)(H,43,48)(H,44,45,46,47)/t24?,27?,33-/m0/s1. The van der Waals surface area contributed by atoms with Gasteiger partial charge in [-0.2, -0.15) is 5.21 Å². The van der Waals surface area contributed by atoms with Crippen molar-refractivity contribution in [3.05, 3.63) is 83.2 Å². The zero-order valence-electron chi connectivity index (χ0n) is 28.2. The van der Waals surface area contributed by atoms with Crippen molar-refractivity contribution in [2.45, 2.75) is 64.0 Å². The SMILES string of the molecule is Cc1c(F)cc(C(=O)NC2CCNCC2)cc1-c1ccc(C[C@H](NC(=O)C2CCC(CN)CC2)C(=O)Nc2ccc(-c3nn[nH]n3)cc2)cc1. The van der Waals surface area contributed by atoms with Gasteiger partial charge in [0.05, 0.1) is 0 Å². The summed E-state index contributed by atoms with van der Waals surface area (Å²) in [5, 5.41) is 26.2. The number of rotatable bonds is 11. The molecule has 1 aromatic heterocycles. The van der Waals surface area contributed by atoms with Crippen LogP contribution >= 0.6 is 0 Å². The maximum Gasteiger partial charge on any atom is 0.251 e. The third-order valence-corrected chi connectivity index (χ3v) is 9.93. The molecule has 262 valence electrons. The minimum absolute atomic E-state index is 0.0542. The number of anilines is 1. The summed E-state index contributed by atoms with van der Waals surface area (Å²) in [6, 6.07) is 16.7. The summed E-state index contributed by atoms with van der Waals surface area (Å²) < 4.78 is 15.1. The molecule has 1 saturated carbocycles. The number of nitrogens with zero attached hydrogens (tertiary/aromatic N) is 3. The molecule has 13 heteroatoms. The number of carbonyl (C=O) groups excluding carboxylic acids is 3. The van der Waals surface area contributed by atoms with E-state index in [0.717, 1.165) is 68.3 Å². The molecule has 1 atom stereocenters. The van der Waals surface area contributed by atoms with Crippen LogP contribution in [0.4, 0.5) is 10.1 Å². The monoisotopic (exact) mass is 681 g/mol. The lowest BCUT2D eigenvalue weighted by Gasteiger charge is -2.28. The van der Waals surface area contributed by atoms with Crippen LogP contribution in [0.25, 0.3) is 22.5 Å². The van der Waals surface area contributed by atoms with Crippen molar-refractivity contribution in [2.24, 2.45) is 17.6 Å². The Labute approximate surface area is 290 Å². The van der Waals surface area contributed by atoms with Gasteiger partial charge in [-0.25, -0.2) is 4.39 Å². The van der Waals surface area contributed by atoms with Gasteiger partial charge in [-0.3, -0.25) is 14.4 Å². The van der Waals surface area contributed by atoms with E-state index < -0.39 is 11.9 Å². The predicted octanol–water partition coefficient (Wildman–Crippen LogP) is 3.89. The van der Waals surface area contributed by atoms with Crippen molar-refractivity contribution in [1.82, 2.24) is 36.6 Å². The molecule has 2 fully saturated rings. The van der Waals surface area contributed by atoms with E-state index >= 15 is 4.39 Å². The van der Waals surface area contributed by atoms with Gasteiger partial charge in [0.2, 0.25) is 17.6 Å². The number of amides is 3. The molecule has 6 rings (SSSR count). The van der Waals surface area contributed by atoms with Gasteiger partial charge in [0.25, 0.3) is 5.91 Å². The lowest BCUT2D eigenvalue weighted by Crippen LogP contribution is -2.48. The molecule has 0 radical (unpaired) electrons. The van der Waals surface area contributed by atoms with Gasteiger partial charge in [0.15, 0.2) is 0 Å². The number of benzene rings is 3. The molecule has 1 saturated heterocycles. The third kappa shape index (κ3) is 8.58. The Balaban J connectivity index is 1.18. The van der Waals surface area contributed by atoms with E-state index in [1.54, 1.807) is 37.3 Å². The molecule has 1 aliphatic carbocycles. The first-order valence-electron chi connectivity index (χ1n) is 17.3. The van der Waals surface area contributed by atoms with E-state index in [0.29, 0.717) is 35.1 Å². The van der Waals surface area contributed by atoms with E-state index in [2.05, 4.69) is 41.9 Å². The number of halogens is 1. The minimum Gasteiger partial charge on any atom is -0.349 e. The van der Waals surface area contributed by atoms with Crippen molar-refractivity contribution >= 4 is 23.4 Å². The smallest absolute Gasteiger partial charge is 0.251 e. The Morgan fingerprint density at radius 3 is 2.30 bits per heavy atom. The molecule has 12 nitrogen and oxygen atoms in total. The van der Waals surface area contributed by atoms with Crippen LogP contribution in [0.3, 0.4) is 0 Å². The van der Waals surface area contributed by atoms with Gasteiger partial charge >= 0.3 is 0 Å². The molecule has 0 unspecified atom stereocenters. The molecular formula is C37H44FN9O3. The number of piperidine rings is 1. The lowest BCUT2D eigenvalue weighted by atomic mass is 9.81. The van der Waals surface area contributed by atoms with Gasteiger partial charge in [0, 0.05) is 35.2 Å². The van der Waals surface area contributed by atoms with E-state index in [4.69, 9.17) is 5.73 Å². The fraction of sp³-hybridized carbons (Fsp3) is 0.405. The minimum atomic E-state index is -0.848. The zero-order valence-corrected chi connectivity index (χ0v) is 28.2. The van der Waals surface area contributed by atoms with Gasteiger partial charge in [0.1, 0.15) is 11.9 Å². The Morgan fingerprint density at radius 2 is 1.64 bits per heavy atom. The number of carbonyl (C=O) groups is 3. The summed E-state index contributed by atoms with van der Waals surface area (Å²) in [5.41, 5.74) is 10.0. The molecular weight excluding hydrogens is 637 g/mol.